The molecule has 0 unspecified atom stereocenters. The fraction of sp³-hybridized carbons (Fsp3) is 0.379. The van der Waals surface area contributed by atoms with Gasteiger partial charge < -0.3 is 34.7 Å². The van der Waals surface area contributed by atoms with Crippen LogP contribution in [0.2, 0.25) is 0 Å². The number of hydrogen-bond donors (Lipinski definition) is 3. The second-order valence-corrected chi connectivity index (χ2v) is 8.79. The standard InChI is InChI=1S/C29H34F3N3O6/c1-38-11-12-40-15-16-41-14-13-39-10-9-34-28(37)35-20-25-18-23(7-8-33-25)26-19-22(5-6-27(26)36)21-3-2-4-24(17-21)29(30,31)32/h2-8,17-19,36H,9-16,20H2,1H3,(H2,34,35,37). The third-order valence-electron chi connectivity index (χ3n) is 5.79. The summed E-state index contributed by atoms with van der Waals surface area (Å²) in [7, 11) is 1.61. The number of halogens is 3. The minimum atomic E-state index is -4.46. The summed E-state index contributed by atoms with van der Waals surface area (Å²) in [5.41, 5.74) is 1.68. The Balaban J connectivity index is 1.44. The van der Waals surface area contributed by atoms with Crippen molar-refractivity contribution in [3.63, 3.8) is 0 Å². The van der Waals surface area contributed by atoms with E-state index in [9.17, 15) is 23.1 Å². The summed E-state index contributed by atoms with van der Waals surface area (Å²) >= 11 is 0. The number of carbonyl (C=O) groups excluding carboxylic acids is 1. The highest BCUT2D eigenvalue weighted by molar-refractivity contribution is 5.78. The number of rotatable bonds is 16. The highest BCUT2D eigenvalue weighted by Crippen LogP contribution is 2.36. The van der Waals surface area contributed by atoms with Gasteiger partial charge in [0.15, 0.2) is 0 Å². The zero-order valence-corrected chi connectivity index (χ0v) is 22.7. The number of ether oxygens (including phenoxy) is 4. The lowest BCUT2D eigenvalue weighted by Gasteiger charge is -2.12. The van der Waals surface area contributed by atoms with E-state index >= 15 is 0 Å². The molecule has 0 aliphatic heterocycles. The van der Waals surface area contributed by atoms with Gasteiger partial charge in [0, 0.05) is 25.4 Å². The van der Waals surface area contributed by atoms with Gasteiger partial charge in [0.1, 0.15) is 5.75 Å². The number of methoxy groups -OCH3 is 1. The van der Waals surface area contributed by atoms with Crippen LogP contribution in [-0.4, -0.2) is 76.0 Å². The first-order valence-corrected chi connectivity index (χ1v) is 13.0. The van der Waals surface area contributed by atoms with E-state index in [0.29, 0.717) is 80.7 Å². The first-order valence-electron chi connectivity index (χ1n) is 13.0. The SMILES string of the molecule is COCCOCCOCCOCCNC(=O)NCc1cc(-c2cc(-c3cccc(C(F)(F)F)c3)ccc2O)ccn1. The number of aromatic hydroxyl groups is 1. The number of urea groups is 1. The van der Waals surface area contributed by atoms with Crippen molar-refractivity contribution in [3.05, 3.63) is 72.1 Å². The van der Waals surface area contributed by atoms with Crippen molar-refractivity contribution in [2.24, 2.45) is 0 Å². The average molecular weight is 578 g/mol. The van der Waals surface area contributed by atoms with E-state index in [0.717, 1.165) is 12.1 Å². The van der Waals surface area contributed by atoms with Gasteiger partial charge in [0.05, 0.1) is 64.1 Å². The van der Waals surface area contributed by atoms with E-state index in [1.807, 2.05) is 0 Å². The molecule has 1 heterocycles. The molecule has 3 rings (SSSR count). The topological polar surface area (TPSA) is 111 Å². The van der Waals surface area contributed by atoms with Gasteiger partial charge in [-0.2, -0.15) is 13.2 Å². The van der Waals surface area contributed by atoms with Gasteiger partial charge in [-0.15, -0.1) is 0 Å². The molecule has 2 aromatic carbocycles. The molecule has 12 heteroatoms. The first-order chi connectivity index (χ1) is 19.8. The lowest BCUT2D eigenvalue weighted by atomic mass is 9.97. The number of alkyl halides is 3. The molecular weight excluding hydrogens is 543 g/mol. The van der Waals surface area contributed by atoms with Crippen LogP contribution in [0.1, 0.15) is 11.3 Å². The zero-order valence-electron chi connectivity index (χ0n) is 22.7. The number of aromatic nitrogens is 1. The molecule has 0 bridgehead atoms. The van der Waals surface area contributed by atoms with Crippen molar-refractivity contribution >= 4 is 6.03 Å². The van der Waals surface area contributed by atoms with Crippen molar-refractivity contribution in [2.75, 3.05) is 59.9 Å². The molecule has 0 aliphatic carbocycles. The smallest absolute Gasteiger partial charge is 0.416 e. The molecule has 222 valence electrons. The fourth-order valence-electron chi connectivity index (χ4n) is 3.72. The number of carbonyl (C=O) groups is 1. The van der Waals surface area contributed by atoms with Gasteiger partial charge in [-0.25, -0.2) is 4.79 Å². The Morgan fingerprint density at radius 1 is 0.829 bits per heavy atom. The normalized spacial score (nSPS) is 11.4. The molecule has 0 spiro atoms. The summed E-state index contributed by atoms with van der Waals surface area (Å²) in [4.78, 5) is 16.4. The number of phenolic OH excluding ortho intramolecular Hbond substituents is 1. The van der Waals surface area contributed by atoms with Crippen LogP contribution in [0.3, 0.4) is 0 Å². The predicted octanol–water partition coefficient (Wildman–Crippen LogP) is 4.64. The van der Waals surface area contributed by atoms with Gasteiger partial charge in [0.2, 0.25) is 0 Å². The van der Waals surface area contributed by atoms with E-state index in [-0.39, 0.29) is 12.3 Å². The number of phenols is 1. The number of amides is 2. The van der Waals surface area contributed by atoms with E-state index in [1.54, 1.807) is 37.4 Å². The number of benzene rings is 2. The third-order valence-corrected chi connectivity index (χ3v) is 5.79. The molecule has 0 aliphatic rings. The maximum Gasteiger partial charge on any atom is 0.416 e. The van der Waals surface area contributed by atoms with Crippen molar-refractivity contribution in [2.45, 2.75) is 12.7 Å². The predicted molar refractivity (Wildman–Crippen MR) is 146 cm³/mol. The Morgan fingerprint density at radius 3 is 2.22 bits per heavy atom. The minimum Gasteiger partial charge on any atom is -0.507 e. The van der Waals surface area contributed by atoms with Gasteiger partial charge in [-0.1, -0.05) is 18.2 Å². The van der Waals surface area contributed by atoms with Gasteiger partial charge in [-0.3, -0.25) is 4.98 Å². The maximum atomic E-state index is 13.2. The molecule has 1 aromatic heterocycles. The minimum absolute atomic E-state index is 0.0376. The lowest BCUT2D eigenvalue weighted by Crippen LogP contribution is -2.37. The molecule has 0 fully saturated rings. The fourth-order valence-corrected chi connectivity index (χ4v) is 3.72. The van der Waals surface area contributed by atoms with E-state index in [4.69, 9.17) is 18.9 Å². The van der Waals surface area contributed by atoms with Crippen LogP contribution in [0, 0.1) is 0 Å². The largest absolute Gasteiger partial charge is 0.507 e. The number of hydrogen-bond acceptors (Lipinski definition) is 7. The molecule has 0 saturated carbocycles. The molecule has 2 amide bonds. The zero-order chi connectivity index (χ0) is 29.5. The number of nitrogens with one attached hydrogen (secondary N) is 2. The summed E-state index contributed by atoms with van der Waals surface area (Å²) in [6.07, 6.45) is -2.93. The second kappa shape index (κ2) is 16.5. The number of pyridine rings is 1. The summed E-state index contributed by atoms with van der Waals surface area (Å²) in [5.74, 6) is -0.0376. The highest BCUT2D eigenvalue weighted by Gasteiger charge is 2.30. The Labute approximate surface area is 236 Å². The highest BCUT2D eigenvalue weighted by atomic mass is 19.4. The summed E-state index contributed by atoms with van der Waals surface area (Å²) < 4.78 is 60.4. The molecule has 3 N–H and O–H groups in total. The second-order valence-electron chi connectivity index (χ2n) is 8.79. The molecule has 3 aromatic rings. The molecule has 0 radical (unpaired) electrons. The third kappa shape index (κ3) is 11.0. The number of nitrogens with zero attached hydrogens (tertiary/aromatic N) is 1. The van der Waals surface area contributed by atoms with Gasteiger partial charge in [0.25, 0.3) is 0 Å². The van der Waals surface area contributed by atoms with Gasteiger partial charge in [-0.05, 0) is 53.1 Å². The molecular formula is C29H34F3N3O6. The summed E-state index contributed by atoms with van der Waals surface area (Å²) in [5, 5.41) is 15.8. The van der Waals surface area contributed by atoms with E-state index in [2.05, 4.69) is 15.6 Å². The van der Waals surface area contributed by atoms with Crippen molar-refractivity contribution in [3.8, 4) is 28.0 Å². The monoisotopic (exact) mass is 577 g/mol. The van der Waals surface area contributed by atoms with Crippen LogP contribution in [0.15, 0.2) is 60.8 Å². The Hall–Kier alpha value is -3.71. The molecule has 41 heavy (non-hydrogen) atoms. The first kappa shape index (κ1) is 31.8. The molecule has 0 saturated heterocycles. The summed E-state index contributed by atoms with van der Waals surface area (Å²) in [6, 6.07) is 12.6. The Bertz CT molecular complexity index is 1240. The van der Waals surface area contributed by atoms with Crippen LogP contribution in [0.4, 0.5) is 18.0 Å². The van der Waals surface area contributed by atoms with Crippen molar-refractivity contribution < 1.29 is 42.0 Å². The Morgan fingerprint density at radius 2 is 1.51 bits per heavy atom. The van der Waals surface area contributed by atoms with Crippen LogP contribution < -0.4 is 10.6 Å². The van der Waals surface area contributed by atoms with E-state index in [1.165, 1.54) is 18.3 Å². The quantitative estimate of drug-likeness (QED) is 0.213. The molecule has 0 atom stereocenters. The van der Waals surface area contributed by atoms with Gasteiger partial charge >= 0.3 is 12.2 Å². The van der Waals surface area contributed by atoms with Crippen LogP contribution >= 0.6 is 0 Å². The summed E-state index contributed by atoms with van der Waals surface area (Å²) in [6.45, 7) is 3.55. The van der Waals surface area contributed by atoms with E-state index < -0.39 is 17.8 Å². The van der Waals surface area contributed by atoms with Crippen LogP contribution in [0.25, 0.3) is 22.3 Å². The average Bonchev–Trinajstić information content (AvgIpc) is 2.96. The van der Waals surface area contributed by atoms with Crippen LogP contribution in [-0.2, 0) is 31.7 Å². The van der Waals surface area contributed by atoms with Crippen molar-refractivity contribution in [1.29, 1.82) is 0 Å². The van der Waals surface area contributed by atoms with Crippen LogP contribution in [0.5, 0.6) is 5.75 Å². The molecule has 9 nitrogen and oxygen atoms in total. The van der Waals surface area contributed by atoms with Crippen molar-refractivity contribution in [1.82, 2.24) is 15.6 Å². The Kier molecular flexibility index (Phi) is 12.8. The maximum absolute atomic E-state index is 13.2. The lowest BCUT2D eigenvalue weighted by molar-refractivity contribution is -0.137.